The van der Waals surface area contributed by atoms with E-state index in [9.17, 15) is 9.90 Å². The maximum atomic E-state index is 11.8. The summed E-state index contributed by atoms with van der Waals surface area (Å²) in [6, 6.07) is 14.6. The lowest BCUT2D eigenvalue weighted by atomic mass is 9.94. The molecule has 160 valence electrons. The van der Waals surface area contributed by atoms with E-state index in [1.165, 1.54) is 5.56 Å². The lowest BCUT2D eigenvalue weighted by Crippen LogP contribution is -2.63. The quantitative estimate of drug-likeness (QED) is 0.797. The number of hydrogen-bond donors (Lipinski definition) is 1. The molecule has 30 heavy (non-hydrogen) atoms. The van der Waals surface area contributed by atoms with E-state index in [4.69, 9.17) is 11.6 Å². The number of carboxylic acid groups (broad SMARTS) is 1. The summed E-state index contributed by atoms with van der Waals surface area (Å²) < 4.78 is 0. The van der Waals surface area contributed by atoms with E-state index in [1.807, 2.05) is 49.5 Å². The third-order valence-corrected chi connectivity index (χ3v) is 6.67. The molecular weight excluding hydrogens is 400 g/mol. The molecule has 7 heteroatoms. The lowest BCUT2D eigenvalue weighted by Gasteiger charge is -2.49. The number of rotatable bonds is 4. The average Bonchev–Trinajstić information content (AvgIpc) is 2.77. The summed E-state index contributed by atoms with van der Waals surface area (Å²) in [6.07, 6.45) is 3.97. The number of benzene rings is 1. The Bertz CT molecular complexity index is 840. The van der Waals surface area contributed by atoms with Crippen molar-refractivity contribution in [2.45, 2.75) is 44.3 Å². The van der Waals surface area contributed by atoms with Crippen molar-refractivity contribution in [3.63, 3.8) is 0 Å². The molecule has 2 saturated heterocycles. The van der Waals surface area contributed by atoms with Gasteiger partial charge in [0.1, 0.15) is 5.82 Å². The van der Waals surface area contributed by atoms with Crippen molar-refractivity contribution in [3.05, 3.63) is 59.2 Å². The summed E-state index contributed by atoms with van der Waals surface area (Å²) in [5.74, 6) is 1.04. The van der Waals surface area contributed by atoms with Gasteiger partial charge in [0.2, 0.25) is 0 Å². The van der Waals surface area contributed by atoms with Gasteiger partial charge in [0, 0.05) is 55.5 Å². The molecule has 0 radical (unpaired) electrons. The van der Waals surface area contributed by atoms with Gasteiger partial charge in [0.05, 0.1) is 0 Å². The van der Waals surface area contributed by atoms with Crippen molar-refractivity contribution in [1.29, 1.82) is 0 Å². The molecule has 0 saturated carbocycles. The molecule has 1 N–H and O–H groups in total. The maximum Gasteiger partial charge on any atom is 0.407 e. The van der Waals surface area contributed by atoms with Crippen molar-refractivity contribution in [2.24, 2.45) is 0 Å². The summed E-state index contributed by atoms with van der Waals surface area (Å²) in [4.78, 5) is 22.8. The van der Waals surface area contributed by atoms with Gasteiger partial charge in [-0.25, -0.2) is 9.78 Å². The molecule has 2 aliphatic rings. The van der Waals surface area contributed by atoms with E-state index in [-0.39, 0.29) is 12.1 Å². The van der Waals surface area contributed by atoms with Gasteiger partial charge in [-0.2, -0.15) is 0 Å². The molecule has 1 amide bonds. The molecule has 2 aromatic rings. The van der Waals surface area contributed by atoms with Gasteiger partial charge in [-0.3, -0.25) is 4.90 Å². The molecule has 0 aliphatic carbocycles. The average molecular weight is 429 g/mol. The largest absolute Gasteiger partial charge is 0.465 e. The number of pyridine rings is 1. The van der Waals surface area contributed by atoms with Crippen LogP contribution in [-0.2, 0) is 6.42 Å². The van der Waals surface area contributed by atoms with E-state index >= 15 is 0 Å². The predicted molar refractivity (Wildman–Crippen MR) is 119 cm³/mol. The van der Waals surface area contributed by atoms with E-state index in [0.717, 1.165) is 49.7 Å². The smallest absolute Gasteiger partial charge is 0.407 e. The summed E-state index contributed by atoms with van der Waals surface area (Å²) in [6.45, 7) is 5.28. The van der Waals surface area contributed by atoms with Crippen LogP contribution in [0.3, 0.4) is 0 Å². The minimum atomic E-state index is -0.826. The highest BCUT2D eigenvalue weighted by atomic mass is 35.5. The fourth-order valence-electron chi connectivity index (χ4n) is 4.82. The second-order valence-electron chi connectivity index (χ2n) is 8.37. The molecule has 0 bridgehead atoms. The highest BCUT2D eigenvalue weighted by Gasteiger charge is 2.38. The number of nitrogens with zero attached hydrogens (tertiary/aromatic N) is 4. The number of piperazine rings is 1. The minimum Gasteiger partial charge on any atom is -0.465 e. The van der Waals surface area contributed by atoms with Crippen LogP contribution in [0.4, 0.5) is 10.6 Å². The third kappa shape index (κ3) is 4.71. The Labute approximate surface area is 183 Å². The van der Waals surface area contributed by atoms with Gasteiger partial charge in [0.25, 0.3) is 0 Å². The number of hydrogen-bond acceptors (Lipinski definition) is 4. The molecule has 1 aromatic carbocycles. The first-order chi connectivity index (χ1) is 14.5. The Hall–Kier alpha value is -2.31. The topological polar surface area (TPSA) is 59.9 Å². The van der Waals surface area contributed by atoms with Gasteiger partial charge >= 0.3 is 6.09 Å². The Morgan fingerprint density at radius 1 is 1.13 bits per heavy atom. The first-order valence-electron chi connectivity index (χ1n) is 10.7. The number of aromatic nitrogens is 1. The van der Waals surface area contributed by atoms with Crippen molar-refractivity contribution >= 4 is 23.5 Å². The Morgan fingerprint density at radius 2 is 1.87 bits per heavy atom. The second kappa shape index (κ2) is 9.23. The van der Waals surface area contributed by atoms with E-state index in [2.05, 4.69) is 20.9 Å². The van der Waals surface area contributed by atoms with Crippen LogP contribution in [0.15, 0.2) is 48.7 Å². The summed E-state index contributed by atoms with van der Waals surface area (Å²) >= 11 is 6.05. The van der Waals surface area contributed by atoms with Crippen LogP contribution >= 0.6 is 11.6 Å². The van der Waals surface area contributed by atoms with E-state index in [0.29, 0.717) is 12.6 Å². The lowest BCUT2D eigenvalue weighted by molar-refractivity contribution is 0.00689. The molecule has 0 unspecified atom stereocenters. The normalized spacial score (nSPS) is 23.5. The zero-order chi connectivity index (χ0) is 21.1. The van der Waals surface area contributed by atoms with Crippen LogP contribution < -0.4 is 4.90 Å². The number of carbonyl (C=O) groups is 1. The SMILES string of the molecule is C[C@H]1CN(C2CCN(c3ccccn3)CC2)[C@@H](Cc2ccc(Cl)cc2)CN1C(=O)O. The van der Waals surface area contributed by atoms with Crippen LogP contribution in [0.2, 0.25) is 5.02 Å². The van der Waals surface area contributed by atoms with Crippen LogP contribution in [0.1, 0.15) is 25.3 Å². The standard InChI is InChI=1S/C23H29ClN4O2/c1-17-15-28(20-9-12-26(13-10-20)22-4-2-3-11-25-22)21(16-27(17)23(29)30)14-18-5-7-19(24)8-6-18/h2-8,11,17,20-21H,9-10,12-16H2,1H3,(H,29,30)/t17-,21-/m0/s1. The number of halogens is 1. The van der Waals surface area contributed by atoms with Gasteiger partial charge in [-0.1, -0.05) is 29.8 Å². The van der Waals surface area contributed by atoms with Crippen molar-refractivity contribution in [2.75, 3.05) is 31.1 Å². The summed E-state index contributed by atoms with van der Waals surface area (Å²) in [5, 5.41) is 10.4. The fraction of sp³-hybridized carbons (Fsp3) is 0.478. The molecule has 2 aliphatic heterocycles. The molecule has 3 heterocycles. The molecule has 2 atom stereocenters. The monoisotopic (exact) mass is 428 g/mol. The highest BCUT2D eigenvalue weighted by Crippen LogP contribution is 2.28. The summed E-state index contributed by atoms with van der Waals surface area (Å²) in [7, 11) is 0. The highest BCUT2D eigenvalue weighted by molar-refractivity contribution is 6.30. The first-order valence-corrected chi connectivity index (χ1v) is 11.0. The van der Waals surface area contributed by atoms with Gasteiger partial charge in [0.15, 0.2) is 0 Å². The zero-order valence-corrected chi connectivity index (χ0v) is 18.1. The number of amides is 1. The van der Waals surface area contributed by atoms with Gasteiger partial charge in [-0.15, -0.1) is 0 Å². The van der Waals surface area contributed by atoms with Crippen molar-refractivity contribution in [1.82, 2.24) is 14.8 Å². The zero-order valence-electron chi connectivity index (χ0n) is 17.3. The van der Waals surface area contributed by atoms with Crippen LogP contribution in [0, 0.1) is 0 Å². The maximum absolute atomic E-state index is 11.8. The number of piperidine rings is 1. The Balaban J connectivity index is 1.47. The van der Waals surface area contributed by atoms with Crippen LogP contribution in [-0.4, -0.2) is 70.3 Å². The van der Waals surface area contributed by atoms with Crippen LogP contribution in [0.25, 0.3) is 0 Å². The Morgan fingerprint density at radius 3 is 2.50 bits per heavy atom. The second-order valence-corrected chi connectivity index (χ2v) is 8.81. The third-order valence-electron chi connectivity index (χ3n) is 6.42. The summed E-state index contributed by atoms with van der Waals surface area (Å²) in [5.41, 5.74) is 1.19. The molecule has 4 rings (SSSR count). The van der Waals surface area contributed by atoms with Crippen LogP contribution in [0.5, 0.6) is 0 Å². The number of anilines is 1. The molecule has 0 spiro atoms. The first kappa shape index (κ1) is 20.9. The van der Waals surface area contributed by atoms with Gasteiger partial charge < -0.3 is 14.9 Å². The molecular formula is C23H29ClN4O2. The van der Waals surface area contributed by atoms with E-state index in [1.54, 1.807) is 4.90 Å². The Kier molecular flexibility index (Phi) is 6.44. The minimum absolute atomic E-state index is 0.00205. The van der Waals surface area contributed by atoms with Crippen molar-refractivity contribution < 1.29 is 9.90 Å². The van der Waals surface area contributed by atoms with Gasteiger partial charge in [-0.05, 0) is 56.0 Å². The predicted octanol–water partition coefficient (Wildman–Crippen LogP) is 4.00. The fourth-order valence-corrected chi connectivity index (χ4v) is 4.95. The molecule has 2 fully saturated rings. The molecule has 6 nitrogen and oxygen atoms in total. The molecule has 1 aromatic heterocycles. The van der Waals surface area contributed by atoms with E-state index < -0.39 is 6.09 Å². The van der Waals surface area contributed by atoms with Crippen molar-refractivity contribution in [3.8, 4) is 0 Å².